The Bertz CT molecular complexity index is 934. The molecule has 0 radical (unpaired) electrons. The molecule has 2 N–H and O–H groups in total. The number of ether oxygens (including phenoxy) is 1. The SMILES string of the molecule is COc1ccccc1C=CC(=O)Nc1cccc(S(=O)(=O)NC2CC2)c1. The first-order valence-corrected chi connectivity index (χ1v) is 9.71. The van der Waals surface area contributed by atoms with Crippen LogP contribution in [-0.4, -0.2) is 27.5 Å². The van der Waals surface area contributed by atoms with Crippen LogP contribution in [-0.2, 0) is 14.8 Å². The summed E-state index contributed by atoms with van der Waals surface area (Å²) >= 11 is 0. The van der Waals surface area contributed by atoms with Crippen LogP contribution in [0.5, 0.6) is 5.75 Å². The lowest BCUT2D eigenvalue weighted by Crippen LogP contribution is -2.25. The minimum absolute atomic E-state index is 0.0297. The molecule has 0 aromatic heterocycles. The molecule has 0 unspecified atom stereocenters. The van der Waals surface area contributed by atoms with Gasteiger partial charge in [0.05, 0.1) is 12.0 Å². The number of sulfonamides is 1. The second kappa shape index (κ2) is 7.72. The number of amides is 1. The number of methoxy groups -OCH3 is 1. The molecule has 1 fully saturated rings. The first-order valence-electron chi connectivity index (χ1n) is 8.22. The summed E-state index contributed by atoms with van der Waals surface area (Å²) in [5.74, 6) is 0.302. The summed E-state index contributed by atoms with van der Waals surface area (Å²) in [5.41, 5.74) is 1.19. The van der Waals surface area contributed by atoms with Gasteiger partial charge in [-0.05, 0) is 43.2 Å². The van der Waals surface area contributed by atoms with Gasteiger partial charge < -0.3 is 10.1 Å². The maximum atomic E-state index is 12.3. The fraction of sp³-hybridized carbons (Fsp3) is 0.211. The molecular formula is C19H20N2O4S. The van der Waals surface area contributed by atoms with Crippen LogP contribution in [0, 0.1) is 0 Å². The van der Waals surface area contributed by atoms with Gasteiger partial charge in [0.1, 0.15) is 5.75 Å². The molecule has 1 saturated carbocycles. The van der Waals surface area contributed by atoms with Crippen molar-refractivity contribution in [1.29, 1.82) is 0 Å². The Labute approximate surface area is 152 Å². The van der Waals surface area contributed by atoms with E-state index in [9.17, 15) is 13.2 Å². The quantitative estimate of drug-likeness (QED) is 0.732. The fourth-order valence-electron chi connectivity index (χ4n) is 2.38. The van der Waals surface area contributed by atoms with E-state index in [-0.39, 0.29) is 16.8 Å². The van der Waals surface area contributed by atoms with Crippen LogP contribution in [0.2, 0.25) is 0 Å². The van der Waals surface area contributed by atoms with Crippen LogP contribution >= 0.6 is 0 Å². The van der Waals surface area contributed by atoms with Gasteiger partial charge in [0.15, 0.2) is 0 Å². The highest BCUT2D eigenvalue weighted by Gasteiger charge is 2.28. The molecule has 0 atom stereocenters. The number of para-hydroxylation sites is 1. The summed E-state index contributed by atoms with van der Waals surface area (Å²) in [5, 5.41) is 2.67. The lowest BCUT2D eigenvalue weighted by atomic mass is 10.2. The van der Waals surface area contributed by atoms with Gasteiger partial charge in [-0.2, -0.15) is 0 Å². The number of nitrogens with one attached hydrogen (secondary N) is 2. The summed E-state index contributed by atoms with van der Waals surface area (Å²) in [6.45, 7) is 0. The molecule has 1 aliphatic rings. The molecule has 0 spiro atoms. The van der Waals surface area contributed by atoms with Crippen molar-refractivity contribution in [1.82, 2.24) is 4.72 Å². The monoisotopic (exact) mass is 372 g/mol. The Hall–Kier alpha value is -2.64. The van der Waals surface area contributed by atoms with Crippen LogP contribution in [0.3, 0.4) is 0 Å². The van der Waals surface area contributed by atoms with Crippen molar-refractivity contribution >= 4 is 27.7 Å². The Morgan fingerprint density at radius 3 is 2.65 bits per heavy atom. The van der Waals surface area contributed by atoms with Crippen LogP contribution in [0.4, 0.5) is 5.69 Å². The molecule has 7 heteroatoms. The average molecular weight is 372 g/mol. The van der Waals surface area contributed by atoms with Gasteiger partial charge in [-0.15, -0.1) is 0 Å². The van der Waals surface area contributed by atoms with E-state index in [0.717, 1.165) is 18.4 Å². The van der Waals surface area contributed by atoms with Gasteiger partial charge in [-0.3, -0.25) is 4.79 Å². The van der Waals surface area contributed by atoms with E-state index in [1.165, 1.54) is 18.2 Å². The predicted molar refractivity (Wildman–Crippen MR) is 100 cm³/mol. The third kappa shape index (κ3) is 4.71. The third-order valence-corrected chi connectivity index (χ3v) is 5.38. The number of hydrogen-bond acceptors (Lipinski definition) is 4. The first-order chi connectivity index (χ1) is 12.5. The van der Waals surface area contributed by atoms with Gasteiger partial charge >= 0.3 is 0 Å². The molecule has 1 aliphatic carbocycles. The highest BCUT2D eigenvalue weighted by Crippen LogP contribution is 2.23. The molecular weight excluding hydrogens is 352 g/mol. The number of anilines is 1. The Balaban J connectivity index is 1.69. The van der Waals surface area contributed by atoms with Crippen molar-refractivity contribution < 1.29 is 17.9 Å². The summed E-state index contributed by atoms with van der Waals surface area (Å²) in [6, 6.07) is 13.6. The minimum atomic E-state index is -3.56. The second-order valence-electron chi connectivity index (χ2n) is 5.99. The molecule has 0 aliphatic heterocycles. The number of carbonyl (C=O) groups excluding carboxylic acids is 1. The van der Waals surface area contributed by atoms with E-state index in [1.54, 1.807) is 31.4 Å². The molecule has 0 heterocycles. The molecule has 0 bridgehead atoms. The molecule has 1 amide bonds. The molecule has 6 nitrogen and oxygen atoms in total. The summed E-state index contributed by atoms with van der Waals surface area (Å²) in [6.07, 6.45) is 4.75. The zero-order valence-corrected chi connectivity index (χ0v) is 15.1. The second-order valence-corrected chi connectivity index (χ2v) is 7.70. The number of benzene rings is 2. The van der Waals surface area contributed by atoms with Crippen LogP contribution < -0.4 is 14.8 Å². The van der Waals surface area contributed by atoms with Gasteiger partial charge in [-0.1, -0.05) is 24.3 Å². The highest BCUT2D eigenvalue weighted by atomic mass is 32.2. The van der Waals surface area contributed by atoms with Gasteiger partial charge in [0.2, 0.25) is 15.9 Å². The van der Waals surface area contributed by atoms with Gasteiger partial charge in [-0.25, -0.2) is 13.1 Å². The molecule has 136 valence electrons. The minimum Gasteiger partial charge on any atom is -0.496 e. The Morgan fingerprint density at radius 1 is 1.15 bits per heavy atom. The maximum Gasteiger partial charge on any atom is 0.248 e. The smallest absolute Gasteiger partial charge is 0.248 e. The highest BCUT2D eigenvalue weighted by molar-refractivity contribution is 7.89. The van der Waals surface area contributed by atoms with E-state index in [0.29, 0.717) is 11.4 Å². The van der Waals surface area contributed by atoms with Crippen molar-refractivity contribution in [2.75, 3.05) is 12.4 Å². The lowest BCUT2D eigenvalue weighted by Gasteiger charge is -2.08. The summed E-state index contributed by atoms with van der Waals surface area (Å²) in [4.78, 5) is 12.3. The summed E-state index contributed by atoms with van der Waals surface area (Å²) < 4.78 is 32.3. The van der Waals surface area contributed by atoms with Crippen molar-refractivity contribution in [2.24, 2.45) is 0 Å². The van der Waals surface area contributed by atoms with Crippen molar-refractivity contribution in [3.8, 4) is 5.75 Å². The number of carbonyl (C=O) groups is 1. The van der Waals surface area contributed by atoms with E-state index in [2.05, 4.69) is 10.0 Å². The zero-order valence-electron chi connectivity index (χ0n) is 14.3. The normalized spacial score (nSPS) is 14.3. The van der Waals surface area contributed by atoms with Crippen LogP contribution in [0.25, 0.3) is 6.08 Å². The van der Waals surface area contributed by atoms with Crippen molar-refractivity contribution in [3.63, 3.8) is 0 Å². The number of rotatable bonds is 7. The van der Waals surface area contributed by atoms with Crippen molar-refractivity contribution in [3.05, 3.63) is 60.2 Å². The topological polar surface area (TPSA) is 84.5 Å². The average Bonchev–Trinajstić information content (AvgIpc) is 3.44. The van der Waals surface area contributed by atoms with Gasteiger partial charge in [0.25, 0.3) is 0 Å². The van der Waals surface area contributed by atoms with Crippen LogP contribution in [0.1, 0.15) is 18.4 Å². The maximum absolute atomic E-state index is 12.3. The van der Waals surface area contributed by atoms with Gasteiger partial charge in [0, 0.05) is 23.4 Å². The lowest BCUT2D eigenvalue weighted by molar-refractivity contribution is -0.111. The zero-order chi connectivity index (χ0) is 18.6. The van der Waals surface area contributed by atoms with E-state index in [1.807, 2.05) is 18.2 Å². The third-order valence-electron chi connectivity index (χ3n) is 3.86. The van der Waals surface area contributed by atoms with E-state index >= 15 is 0 Å². The standard InChI is InChI=1S/C19H20N2O4S/c1-25-18-8-3-2-5-14(18)9-12-19(22)20-16-6-4-7-17(13-16)26(23,24)21-15-10-11-15/h2-9,12-13,15,21H,10-11H2,1H3,(H,20,22). The summed E-state index contributed by atoms with van der Waals surface area (Å²) in [7, 11) is -1.99. The Kier molecular flexibility index (Phi) is 5.39. The predicted octanol–water partition coefficient (Wildman–Crippen LogP) is 2.79. The molecule has 0 saturated heterocycles. The fourth-order valence-corrected chi connectivity index (χ4v) is 3.73. The van der Waals surface area contributed by atoms with E-state index < -0.39 is 10.0 Å². The first kappa shape index (κ1) is 18.2. The van der Waals surface area contributed by atoms with Crippen LogP contribution in [0.15, 0.2) is 59.5 Å². The largest absolute Gasteiger partial charge is 0.496 e. The molecule has 2 aromatic rings. The van der Waals surface area contributed by atoms with E-state index in [4.69, 9.17) is 4.74 Å². The molecule has 26 heavy (non-hydrogen) atoms. The molecule has 3 rings (SSSR count). The Morgan fingerprint density at radius 2 is 1.92 bits per heavy atom. The number of hydrogen-bond donors (Lipinski definition) is 2. The molecule has 2 aromatic carbocycles. The van der Waals surface area contributed by atoms with Crippen molar-refractivity contribution in [2.45, 2.75) is 23.8 Å².